The second kappa shape index (κ2) is 8.59. The van der Waals surface area contributed by atoms with E-state index in [4.69, 9.17) is 4.98 Å². The first-order chi connectivity index (χ1) is 13.3. The molecule has 1 aromatic heterocycles. The maximum absolute atomic E-state index is 4.72. The van der Waals surface area contributed by atoms with E-state index in [0.717, 1.165) is 43.6 Å². The third kappa shape index (κ3) is 4.71. The number of anilines is 3. The lowest BCUT2D eigenvalue weighted by atomic mass is 10.1. The minimum absolute atomic E-state index is 0.560. The van der Waals surface area contributed by atoms with E-state index in [0.29, 0.717) is 6.04 Å². The predicted molar refractivity (Wildman–Crippen MR) is 113 cm³/mol. The van der Waals surface area contributed by atoms with Crippen molar-refractivity contribution in [1.82, 2.24) is 9.97 Å². The van der Waals surface area contributed by atoms with Crippen LogP contribution in [0.15, 0.2) is 36.4 Å². The zero-order valence-corrected chi connectivity index (χ0v) is 16.4. The topological polar surface area (TPSA) is 44.3 Å². The zero-order chi connectivity index (χ0) is 18.5. The first-order valence-corrected chi connectivity index (χ1v) is 10.4. The summed E-state index contributed by atoms with van der Waals surface area (Å²) in [6.45, 7) is 6.04. The van der Waals surface area contributed by atoms with Crippen molar-refractivity contribution in [1.29, 1.82) is 0 Å². The van der Waals surface area contributed by atoms with Crippen LogP contribution >= 0.6 is 0 Å². The molecule has 1 saturated carbocycles. The van der Waals surface area contributed by atoms with E-state index in [1.165, 1.54) is 44.2 Å². The summed E-state index contributed by atoms with van der Waals surface area (Å²) < 4.78 is 0. The molecule has 144 valence electrons. The van der Waals surface area contributed by atoms with Gasteiger partial charge in [-0.15, -0.1) is 0 Å². The summed E-state index contributed by atoms with van der Waals surface area (Å²) in [6.07, 6.45) is 7.92. The largest absolute Gasteiger partial charge is 0.368 e. The van der Waals surface area contributed by atoms with E-state index in [2.05, 4.69) is 56.5 Å². The van der Waals surface area contributed by atoms with Crippen molar-refractivity contribution in [3.8, 4) is 0 Å². The van der Waals surface area contributed by atoms with E-state index < -0.39 is 0 Å². The average molecular weight is 366 g/mol. The minimum atomic E-state index is 0.560. The van der Waals surface area contributed by atoms with Gasteiger partial charge in [0.15, 0.2) is 0 Å². The molecule has 1 N–H and O–H groups in total. The van der Waals surface area contributed by atoms with E-state index in [1.807, 2.05) is 6.92 Å². The van der Waals surface area contributed by atoms with Crippen molar-refractivity contribution < 1.29 is 0 Å². The first kappa shape index (κ1) is 18.1. The Kier molecular flexibility index (Phi) is 5.75. The molecule has 5 heteroatoms. The highest BCUT2D eigenvalue weighted by Gasteiger charge is 2.20. The highest BCUT2D eigenvalue weighted by molar-refractivity contribution is 5.53. The number of para-hydroxylation sites is 1. The standard InChI is InChI=1S/C22H31N5/c1-18-23-21(25-19-9-5-2-3-6-10-19)17-22(24-18)27-15-13-26(14-16-27)20-11-7-4-8-12-20/h4,7-8,11-12,17,19H,2-3,5-6,9-10,13-16H2,1H3,(H,23,24,25). The average Bonchev–Trinajstić information content (AvgIpc) is 2.97. The van der Waals surface area contributed by atoms with Crippen LogP contribution in [0.3, 0.4) is 0 Å². The molecule has 0 bridgehead atoms. The van der Waals surface area contributed by atoms with Gasteiger partial charge in [0.1, 0.15) is 17.5 Å². The molecule has 0 amide bonds. The second-order valence-corrected chi connectivity index (χ2v) is 7.80. The van der Waals surface area contributed by atoms with Crippen molar-refractivity contribution in [2.24, 2.45) is 0 Å². The monoisotopic (exact) mass is 365 g/mol. The first-order valence-electron chi connectivity index (χ1n) is 10.4. The van der Waals surface area contributed by atoms with Crippen LogP contribution in [-0.2, 0) is 0 Å². The Labute approximate surface area is 162 Å². The molecule has 2 heterocycles. The van der Waals surface area contributed by atoms with Crippen molar-refractivity contribution in [3.63, 3.8) is 0 Å². The van der Waals surface area contributed by atoms with Gasteiger partial charge in [-0.05, 0) is 31.9 Å². The molecule has 2 fully saturated rings. The molecule has 0 spiro atoms. The second-order valence-electron chi connectivity index (χ2n) is 7.80. The number of nitrogens with zero attached hydrogens (tertiary/aromatic N) is 4. The fourth-order valence-electron chi connectivity index (χ4n) is 4.25. The molecule has 0 atom stereocenters. The van der Waals surface area contributed by atoms with Gasteiger partial charge in [0.05, 0.1) is 0 Å². The van der Waals surface area contributed by atoms with Gasteiger partial charge in [0.2, 0.25) is 0 Å². The molecule has 1 aliphatic heterocycles. The molecule has 1 aromatic carbocycles. The predicted octanol–water partition coefficient (Wildman–Crippen LogP) is 4.25. The van der Waals surface area contributed by atoms with Gasteiger partial charge in [-0.25, -0.2) is 9.97 Å². The van der Waals surface area contributed by atoms with E-state index >= 15 is 0 Å². The van der Waals surface area contributed by atoms with Gasteiger partial charge in [0, 0.05) is 44.0 Å². The maximum Gasteiger partial charge on any atom is 0.134 e. The Balaban J connectivity index is 1.41. The normalized spacial score (nSPS) is 19.0. The number of benzene rings is 1. The van der Waals surface area contributed by atoms with Crippen LogP contribution in [0.25, 0.3) is 0 Å². The molecular formula is C22H31N5. The Hall–Kier alpha value is -2.30. The highest BCUT2D eigenvalue weighted by Crippen LogP contribution is 2.24. The van der Waals surface area contributed by atoms with Crippen molar-refractivity contribution >= 4 is 17.3 Å². The Morgan fingerprint density at radius 3 is 2.22 bits per heavy atom. The quantitative estimate of drug-likeness (QED) is 0.821. The van der Waals surface area contributed by atoms with Crippen LogP contribution in [0.2, 0.25) is 0 Å². The van der Waals surface area contributed by atoms with Crippen LogP contribution in [-0.4, -0.2) is 42.2 Å². The molecular weight excluding hydrogens is 334 g/mol. The van der Waals surface area contributed by atoms with E-state index in [1.54, 1.807) is 0 Å². The lowest BCUT2D eigenvalue weighted by molar-refractivity contribution is 0.616. The number of rotatable bonds is 4. The molecule has 5 nitrogen and oxygen atoms in total. The third-order valence-electron chi connectivity index (χ3n) is 5.76. The summed E-state index contributed by atoms with van der Waals surface area (Å²) in [5.41, 5.74) is 1.31. The Morgan fingerprint density at radius 2 is 1.52 bits per heavy atom. The van der Waals surface area contributed by atoms with Crippen molar-refractivity contribution in [2.45, 2.75) is 51.5 Å². The number of nitrogens with one attached hydrogen (secondary N) is 1. The lowest BCUT2D eigenvalue weighted by Crippen LogP contribution is -2.46. The number of hydrogen-bond acceptors (Lipinski definition) is 5. The van der Waals surface area contributed by atoms with Crippen molar-refractivity contribution in [2.75, 3.05) is 41.3 Å². The highest BCUT2D eigenvalue weighted by atomic mass is 15.3. The lowest BCUT2D eigenvalue weighted by Gasteiger charge is -2.37. The molecule has 2 aliphatic rings. The van der Waals surface area contributed by atoms with Gasteiger partial charge in [-0.1, -0.05) is 43.9 Å². The van der Waals surface area contributed by atoms with Gasteiger partial charge >= 0.3 is 0 Å². The molecule has 27 heavy (non-hydrogen) atoms. The molecule has 1 aliphatic carbocycles. The summed E-state index contributed by atoms with van der Waals surface area (Å²) in [7, 11) is 0. The number of piperazine rings is 1. The fraction of sp³-hybridized carbons (Fsp3) is 0.545. The van der Waals surface area contributed by atoms with Gasteiger partial charge in [-0.2, -0.15) is 0 Å². The fourth-order valence-corrected chi connectivity index (χ4v) is 4.25. The summed E-state index contributed by atoms with van der Waals surface area (Å²) in [5, 5.41) is 3.69. The summed E-state index contributed by atoms with van der Waals surface area (Å²) in [6, 6.07) is 13.4. The maximum atomic E-state index is 4.72. The third-order valence-corrected chi connectivity index (χ3v) is 5.76. The van der Waals surface area contributed by atoms with E-state index in [-0.39, 0.29) is 0 Å². The molecule has 0 radical (unpaired) electrons. The molecule has 4 rings (SSSR count). The number of aryl methyl sites for hydroxylation is 1. The van der Waals surface area contributed by atoms with Crippen LogP contribution in [0.5, 0.6) is 0 Å². The number of hydrogen-bond donors (Lipinski definition) is 1. The van der Waals surface area contributed by atoms with E-state index in [9.17, 15) is 0 Å². The van der Waals surface area contributed by atoms with Gasteiger partial charge in [-0.3, -0.25) is 0 Å². The SMILES string of the molecule is Cc1nc(NC2CCCCCC2)cc(N2CCN(c3ccccc3)CC2)n1. The summed E-state index contributed by atoms with van der Waals surface area (Å²) in [5.74, 6) is 2.91. The summed E-state index contributed by atoms with van der Waals surface area (Å²) >= 11 is 0. The van der Waals surface area contributed by atoms with Crippen LogP contribution in [0, 0.1) is 6.92 Å². The Morgan fingerprint density at radius 1 is 0.852 bits per heavy atom. The van der Waals surface area contributed by atoms with Crippen LogP contribution < -0.4 is 15.1 Å². The molecule has 2 aromatic rings. The zero-order valence-electron chi connectivity index (χ0n) is 16.4. The molecule has 0 unspecified atom stereocenters. The van der Waals surface area contributed by atoms with Gasteiger partial charge < -0.3 is 15.1 Å². The van der Waals surface area contributed by atoms with Gasteiger partial charge in [0.25, 0.3) is 0 Å². The van der Waals surface area contributed by atoms with Crippen molar-refractivity contribution in [3.05, 3.63) is 42.2 Å². The Bertz CT molecular complexity index is 717. The van der Waals surface area contributed by atoms with Crippen LogP contribution in [0.1, 0.15) is 44.3 Å². The number of aromatic nitrogens is 2. The smallest absolute Gasteiger partial charge is 0.134 e. The molecule has 1 saturated heterocycles. The summed E-state index contributed by atoms with van der Waals surface area (Å²) in [4.78, 5) is 14.2. The minimum Gasteiger partial charge on any atom is -0.368 e. The van der Waals surface area contributed by atoms with Crippen LogP contribution in [0.4, 0.5) is 17.3 Å².